The first-order chi connectivity index (χ1) is 13.3. The van der Waals surface area contributed by atoms with Gasteiger partial charge in [-0.05, 0) is 59.0 Å². The fraction of sp³-hybridized carbons (Fsp3) is 0.375. The third kappa shape index (κ3) is 2.15. The number of benzene rings is 2. The molecule has 28 heavy (non-hydrogen) atoms. The highest BCUT2D eigenvalue weighted by atomic mass is 16.3. The van der Waals surface area contributed by atoms with Gasteiger partial charge in [0.25, 0.3) is 5.91 Å². The average Bonchev–Trinajstić information content (AvgIpc) is 3.12. The number of aromatic hydroxyl groups is 1. The van der Waals surface area contributed by atoms with Crippen LogP contribution in [0.2, 0.25) is 0 Å². The molecule has 1 fully saturated rings. The number of carbonyl (C=O) groups excluding carboxylic acids is 1. The molecule has 2 atom stereocenters. The molecule has 4 heteroatoms. The van der Waals surface area contributed by atoms with Gasteiger partial charge >= 0.3 is 0 Å². The molecule has 2 N–H and O–H groups in total. The minimum Gasteiger partial charge on any atom is -0.508 e. The van der Waals surface area contributed by atoms with E-state index in [0.717, 1.165) is 35.0 Å². The van der Waals surface area contributed by atoms with E-state index in [4.69, 9.17) is 0 Å². The van der Waals surface area contributed by atoms with Crippen LogP contribution in [-0.2, 0) is 11.8 Å². The molecule has 5 rings (SSSR count). The van der Waals surface area contributed by atoms with Gasteiger partial charge in [0.05, 0.1) is 0 Å². The van der Waals surface area contributed by atoms with Crippen molar-refractivity contribution in [2.75, 3.05) is 6.54 Å². The van der Waals surface area contributed by atoms with Crippen molar-refractivity contribution in [1.29, 1.82) is 0 Å². The molecule has 1 aliphatic carbocycles. The number of aromatic amines is 1. The molecule has 0 radical (unpaired) electrons. The quantitative estimate of drug-likeness (QED) is 0.652. The summed E-state index contributed by atoms with van der Waals surface area (Å²) in [7, 11) is 0. The molecule has 2 bridgehead atoms. The molecule has 2 unspecified atom stereocenters. The molecule has 3 aromatic rings. The molecule has 1 amide bonds. The second-order valence-corrected chi connectivity index (χ2v) is 9.11. The smallest absolute Gasteiger partial charge is 0.254 e. The summed E-state index contributed by atoms with van der Waals surface area (Å²) < 4.78 is 0. The van der Waals surface area contributed by atoms with Gasteiger partial charge in [-0.1, -0.05) is 39.0 Å². The number of phenols is 1. The lowest BCUT2D eigenvalue weighted by atomic mass is 9.51. The number of hydrogen-bond acceptors (Lipinski definition) is 2. The minimum absolute atomic E-state index is 0.0545. The molecular weight excluding hydrogens is 348 g/mol. The van der Waals surface area contributed by atoms with E-state index in [9.17, 15) is 9.90 Å². The summed E-state index contributed by atoms with van der Waals surface area (Å²) in [6, 6.07) is 13.8. The van der Waals surface area contributed by atoms with Crippen molar-refractivity contribution in [3.63, 3.8) is 0 Å². The van der Waals surface area contributed by atoms with Gasteiger partial charge in [-0.15, -0.1) is 0 Å². The van der Waals surface area contributed by atoms with Crippen molar-refractivity contribution in [1.82, 2.24) is 9.88 Å². The van der Waals surface area contributed by atoms with E-state index in [0.29, 0.717) is 12.2 Å². The van der Waals surface area contributed by atoms with Gasteiger partial charge in [0.1, 0.15) is 5.75 Å². The number of hydrogen-bond donors (Lipinski definition) is 2. The number of piperidine rings is 1. The second-order valence-electron chi connectivity index (χ2n) is 9.11. The van der Waals surface area contributed by atoms with E-state index in [1.165, 1.54) is 5.56 Å². The lowest BCUT2D eigenvalue weighted by molar-refractivity contribution is -0.0266. The standard InChI is InChI=1S/C24H26N2O2/c1-23(2)21-14-17-18(5-4-6-20(17)27)24(23,3)10-12-26(21)22(28)16-8-7-15-9-11-25-19(15)13-16/h4-9,11,13,21,25,27H,10,12,14H2,1-3H3. The predicted octanol–water partition coefficient (Wildman–Crippen LogP) is 4.63. The Kier molecular flexibility index (Phi) is 3.49. The first kappa shape index (κ1) is 17.4. The topological polar surface area (TPSA) is 56.3 Å². The van der Waals surface area contributed by atoms with Crippen LogP contribution in [0.25, 0.3) is 10.9 Å². The number of amides is 1. The lowest BCUT2D eigenvalue weighted by Gasteiger charge is -2.60. The highest BCUT2D eigenvalue weighted by Crippen LogP contribution is 2.57. The van der Waals surface area contributed by atoms with Gasteiger partial charge in [0.2, 0.25) is 0 Å². The van der Waals surface area contributed by atoms with E-state index in [1.807, 2.05) is 41.4 Å². The lowest BCUT2D eigenvalue weighted by Crippen LogP contribution is -2.64. The van der Waals surface area contributed by atoms with Crippen LogP contribution in [0.15, 0.2) is 48.7 Å². The van der Waals surface area contributed by atoms with Crippen molar-refractivity contribution >= 4 is 16.8 Å². The first-order valence-corrected chi connectivity index (χ1v) is 10.0. The van der Waals surface area contributed by atoms with Gasteiger partial charge < -0.3 is 15.0 Å². The fourth-order valence-electron chi connectivity index (χ4n) is 5.52. The van der Waals surface area contributed by atoms with Gasteiger partial charge in [-0.2, -0.15) is 0 Å². The van der Waals surface area contributed by atoms with E-state index < -0.39 is 0 Å². The number of nitrogens with one attached hydrogen (secondary N) is 1. The second kappa shape index (κ2) is 5.63. The number of rotatable bonds is 1. The molecule has 1 aromatic heterocycles. The van der Waals surface area contributed by atoms with Crippen LogP contribution in [0, 0.1) is 5.41 Å². The number of phenolic OH excluding ortho intramolecular Hbond substituents is 1. The minimum atomic E-state index is -0.0851. The zero-order valence-electron chi connectivity index (χ0n) is 16.6. The Hall–Kier alpha value is -2.75. The highest BCUT2D eigenvalue weighted by molar-refractivity contribution is 5.98. The number of fused-ring (bicyclic) bond motifs is 5. The Labute approximate surface area is 165 Å². The van der Waals surface area contributed by atoms with Crippen LogP contribution in [0.1, 0.15) is 48.7 Å². The molecule has 1 saturated heterocycles. The van der Waals surface area contributed by atoms with Crippen LogP contribution in [0.4, 0.5) is 0 Å². The van der Waals surface area contributed by atoms with Crippen molar-refractivity contribution in [3.05, 3.63) is 65.4 Å². The SMILES string of the molecule is CC12CCN(C(=O)c3ccc4cc[nH]c4c3)C(Cc3c(O)cccc31)C2(C)C. The van der Waals surface area contributed by atoms with Gasteiger partial charge in [0, 0.05) is 35.3 Å². The van der Waals surface area contributed by atoms with Crippen LogP contribution in [0.5, 0.6) is 5.75 Å². The maximum atomic E-state index is 13.5. The molecule has 2 aromatic carbocycles. The van der Waals surface area contributed by atoms with E-state index >= 15 is 0 Å². The molecule has 0 spiro atoms. The number of carbonyl (C=O) groups is 1. The predicted molar refractivity (Wildman–Crippen MR) is 111 cm³/mol. The molecular formula is C24H26N2O2. The molecule has 144 valence electrons. The van der Waals surface area contributed by atoms with Crippen molar-refractivity contribution < 1.29 is 9.90 Å². The van der Waals surface area contributed by atoms with Gasteiger partial charge in [-0.25, -0.2) is 0 Å². The van der Waals surface area contributed by atoms with Crippen molar-refractivity contribution in [2.45, 2.75) is 45.1 Å². The zero-order valence-corrected chi connectivity index (χ0v) is 16.6. The zero-order chi connectivity index (χ0) is 19.7. The van der Waals surface area contributed by atoms with Crippen LogP contribution < -0.4 is 0 Å². The third-order valence-corrected chi connectivity index (χ3v) is 7.69. The number of aromatic nitrogens is 1. The van der Waals surface area contributed by atoms with Crippen molar-refractivity contribution in [2.24, 2.45) is 5.41 Å². The maximum Gasteiger partial charge on any atom is 0.254 e. The monoisotopic (exact) mass is 374 g/mol. The maximum absolute atomic E-state index is 13.5. The largest absolute Gasteiger partial charge is 0.508 e. The van der Waals surface area contributed by atoms with Crippen LogP contribution >= 0.6 is 0 Å². The normalized spacial score (nSPS) is 25.5. The number of likely N-dealkylation sites (tertiary alicyclic amines) is 1. The summed E-state index contributed by atoms with van der Waals surface area (Å²) in [6.07, 6.45) is 3.49. The molecule has 1 aliphatic heterocycles. The molecule has 2 heterocycles. The summed E-state index contributed by atoms with van der Waals surface area (Å²) in [4.78, 5) is 18.7. The first-order valence-electron chi connectivity index (χ1n) is 10.0. The molecule has 4 nitrogen and oxygen atoms in total. The third-order valence-electron chi connectivity index (χ3n) is 7.69. The Morgan fingerprint density at radius 2 is 2.00 bits per heavy atom. The Balaban J connectivity index is 1.58. The number of nitrogens with zero attached hydrogens (tertiary/aromatic N) is 1. The molecule has 2 aliphatic rings. The fourth-order valence-corrected chi connectivity index (χ4v) is 5.52. The van der Waals surface area contributed by atoms with Crippen LogP contribution in [0.3, 0.4) is 0 Å². The summed E-state index contributed by atoms with van der Waals surface area (Å²) in [6.45, 7) is 7.59. The van der Waals surface area contributed by atoms with E-state index in [1.54, 1.807) is 6.07 Å². The number of H-pyrrole nitrogens is 1. The summed E-state index contributed by atoms with van der Waals surface area (Å²) >= 11 is 0. The average molecular weight is 374 g/mol. The highest BCUT2D eigenvalue weighted by Gasteiger charge is 2.57. The van der Waals surface area contributed by atoms with Gasteiger partial charge in [0.15, 0.2) is 0 Å². The van der Waals surface area contributed by atoms with Crippen molar-refractivity contribution in [3.8, 4) is 5.75 Å². The molecule has 0 saturated carbocycles. The Morgan fingerprint density at radius 3 is 2.82 bits per heavy atom. The Bertz CT molecular complexity index is 1100. The van der Waals surface area contributed by atoms with E-state index in [-0.39, 0.29) is 22.8 Å². The van der Waals surface area contributed by atoms with E-state index in [2.05, 4.69) is 31.8 Å². The van der Waals surface area contributed by atoms with Crippen LogP contribution in [-0.4, -0.2) is 33.5 Å². The summed E-state index contributed by atoms with van der Waals surface area (Å²) in [5.74, 6) is 0.432. The summed E-state index contributed by atoms with van der Waals surface area (Å²) in [5.41, 5.74) is 3.80. The Morgan fingerprint density at radius 1 is 1.18 bits per heavy atom. The summed E-state index contributed by atoms with van der Waals surface area (Å²) in [5, 5.41) is 11.6. The van der Waals surface area contributed by atoms with Gasteiger partial charge in [-0.3, -0.25) is 4.79 Å².